The SMILES string of the molecule is CC1(N)CN(c2nc(C(F)F)c(Oc3ccc(-n4ncn(Cc5c(F)cccc5F)c4=O)cc3F)s2)C1. The summed E-state index contributed by atoms with van der Waals surface area (Å²) in [7, 11) is 0. The van der Waals surface area contributed by atoms with Gasteiger partial charge in [-0.05, 0) is 31.2 Å². The highest BCUT2D eigenvalue weighted by Gasteiger charge is 2.38. The number of hydrogen-bond donors (Lipinski definition) is 1. The third kappa shape index (κ3) is 4.81. The molecule has 0 spiro atoms. The molecule has 0 radical (unpaired) electrons. The predicted octanol–water partition coefficient (Wildman–Crippen LogP) is 4.22. The van der Waals surface area contributed by atoms with Crippen LogP contribution in [0.1, 0.15) is 24.6 Å². The molecule has 2 aromatic carbocycles. The average molecular weight is 539 g/mol. The number of aromatic nitrogens is 4. The van der Waals surface area contributed by atoms with Crippen LogP contribution in [-0.4, -0.2) is 38.0 Å². The Labute approximate surface area is 210 Å². The average Bonchev–Trinajstić information content (AvgIpc) is 3.40. The first-order chi connectivity index (χ1) is 17.5. The number of halogens is 5. The number of anilines is 1. The molecule has 0 unspecified atom stereocenters. The maximum atomic E-state index is 14.9. The van der Waals surface area contributed by atoms with Crippen molar-refractivity contribution in [2.75, 3.05) is 18.0 Å². The number of thiazole rings is 1. The van der Waals surface area contributed by atoms with E-state index in [1.165, 1.54) is 12.1 Å². The van der Waals surface area contributed by atoms with E-state index in [0.717, 1.165) is 51.2 Å². The van der Waals surface area contributed by atoms with E-state index in [-0.39, 0.29) is 27.2 Å². The second-order valence-electron chi connectivity index (χ2n) is 8.85. The first kappa shape index (κ1) is 24.9. The number of alkyl halides is 2. The zero-order valence-electron chi connectivity index (χ0n) is 19.2. The van der Waals surface area contributed by atoms with Crippen molar-refractivity contribution in [2.24, 2.45) is 5.73 Å². The van der Waals surface area contributed by atoms with Gasteiger partial charge in [-0.1, -0.05) is 17.4 Å². The first-order valence-corrected chi connectivity index (χ1v) is 11.7. The van der Waals surface area contributed by atoms with Crippen LogP contribution in [0.25, 0.3) is 5.69 Å². The molecule has 1 saturated heterocycles. The molecule has 0 bridgehead atoms. The molecule has 0 amide bonds. The van der Waals surface area contributed by atoms with E-state index < -0.39 is 47.3 Å². The second kappa shape index (κ2) is 9.27. The summed E-state index contributed by atoms with van der Waals surface area (Å²) >= 11 is 0.844. The molecule has 8 nitrogen and oxygen atoms in total. The minimum absolute atomic E-state index is 0.00973. The number of benzene rings is 2. The summed E-state index contributed by atoms with van der Waals surface area (Å²) in [5.41, 5.74) is 3.78. The van der Waals surface area contributed by atoms with Gasteiger partial charge in [-0.15, -0.1) is 0 Å². The molecule has 1 aliphatic heterocycles. The Hall–Kier alpha value is -3.78. The molecule has 194 valence electrons. The molecule has 3 heterocycles. The smallest absolute Gasteiger partial charge is 0.350 e. The van der Waals surface area contributed by atoms with Crippen molar-refractivity contribution in [1.82, 2.24) is 19.3 Å². The van der Waals surface area contributed by atoms with Crippen LogP contribution in [0.2, 0.25) is 0 Å². The van der Waals surface area contributed by atoms with Crippen molar-refractivity contribution in [2.45, 2.75) is 25.4 Å². The van der Waals surface area contributed by atoms with E-state index >= 15 is 0 Å². The number of nitrogens with zero attached hydrogens (tertiary/aromatic N) is 5. The normalized spacial score (nSPS) is 14.8. The molecule has 4 aromatic rings. The lowest BCUT2D eigenvalue weighted by Crippen LogP contribution is -2.65. The van der Waals surface area contributed by atoms with E-state index in [4.69, 9.17) is 10.5 Å². The van der Waals surface area contributed by atoms with Gasteiger partial charge in [0.15, 0.2) is 22.4 Å². The maximum absolute atomic E-state index is 14.9. The van der Waals surface area contributed by atoms with Crippen LogP contribution in [0.5, 0.6) is 10.8 Å². The zero-order chi connectivity index (χ0) is 26.5. The molecule has 0 atom stereocenters. The van der Waals surface area contributed by atoms with Crippen molar-refractivity contribution >= 4 is 16.5 Å². The van der Waals surface area contributed by atoms with Crippen LogP contribution in [0.3, 0.4) is 0 Å². The van der Waals surface area contributed by atoms with E-state index in [2.05, 4.69) is 10.1 Å². The Bertz CT molecular complexity index is 1500. The molecule has 5 rings (SSSR count). The highest BCUT2D eigenvalue weighted by molar-refractivity contribution is 7.17. The summed E-state index contributed by atoms with van der Waals surface area (Å²) in [4.78, 5) is 18.4. The van der Waals surface area contributed by atoms with Gasteiger partial charge in [0.05, 0.1) is 12.2 Å². The Kier molecular flexibility index (Phi) is 6.23. The van der Waals surface area contributed by atoms with E-state index in [0.29, 0.717) is 13.1 Å². The Morgan fingerprint density at radius 3 is 2.46 bits per heavy atom. The van der Waals surface area contributed by atoms with Crippen molar-refractivity contribution in [1.29, 1.82) is 0 Å². The number of hydrogen-bond acceptors (Lipinski definition) is 7. The minimum Gasteiger partial charge on any atom is -0.441 e. The van der Waals surface area contributed by atoms with Gasteiger partial charge in [0.2, 0.25) is 5.06 Å². The topological polar surface area (TPSA) is 91.2 Å². The maximum Gasteiger partial charge on any atom is 0.350 e. The van der Waals surface area contributed by atoms with Crippen molar-refractivity contribution in [3.05, 3.63) is 81.9 Å². The zero-order valence-corrected chi connectivity index (χ0v) is 20.0. The Morgan fingerprint density at radius 1 is 1.14 bits per heavy atom. The van der Waals surface area contributed by atoms with Gasteiger partial charge in [-0.2, -0.15) is 9.78 Å². The number of rotatable bonds is 7. The highest BCUT2D eigenvalue weighted by Crippen LogP contribution is 2.43. The van der Waals surface area contributed by atoms with Gasteiger partial charge in [0.1, 0.15) is 18.0 Å². The monoisotopic (exact) mass is 538 g/mol. The summed E-state index contributed by atoms with van der Waals surface area (Å²) in [6, 6.07) is 6.70. The number of ether oxygens (including phenoxy) is 1. The molecule has 14 heteroatoms. The lowest BCUT2D eigenvalue weighted by Gasteiger charge is -2.45. The van der Waals surface area contributed by atoms with Crippen LogP contribution in [-0.2, 0) is 6.54 Å². The van der Waals surface area contributed by atoms with E-state index in [1.807, 2.05) is 6.92 Å². The standard InChI is InChI=1S/C23H19F5N6O2S/c1-23(29)9-33(10-23)21-31-18(19(27)28)20(37-21)36-17-6-5-12(7-16(17)26)34-22(35)32(11-30-34)8-13-14(24)3-2-4-15(13)25/h2-7,11,19H,8-10,29H2,1H3. The van der Waals surface area contributed by atoms with E-state index in [9.17, 15) is 26.7 Å². The second-order valence-corrected chi connectivity index (χ2v) is 9.79. The fourth-order valence-electron chi connectivity index (χ4n) is 3.89. The molecule has 0 aliphatic carbocycles. The Balaban J connectivity index is 1.38. The fraction of sp³-hybridized carbons (Fsp3) is 0.261. The van der Waals surface area contributed by atoms with Crippen LogP contribution in [0.4, 0.5) is 27.1 Å². The summed E-state index contributed by atoms with van der Waals surface area (Å²) in [5.74, 6) is -2.97. The van der Waals surface area contributed by atoms with Crippen molar-refractivity contribution in [3.63, 3.8) is 0 Å². The third-order valence-corrected chi connectivity index (χ3v) is 6.69. The molecular formula is C23H19F5N6O2S. The molecule has 1 aliphatic rings. The van der Waals surface area contributed by atoms with Crippen LogP contribution >= 0.6 is 11.3 Å². The lowest BCUT2D eigenvalue weighted by molar-refractivity contribution is 0.143. The summed E-state index contributed by atoms with van der Waals surface area (Å²) < 4.78 is 77.1. The van der Waals surface area contributed by atoms with Crippen LogP contribution in [0.15, 0.2) is 47.5 Å². The molecule has 2 aromatic heterocycles. The highest BCUT2D eigenvalue weighted by atomic mass is 32.1. The van der Waals surface area contributed by atoms with Gasteiger partial charge < -0.3 is 15.4 Å². The van der Waals surface area contributed by atoms with Crippen LogP contribution < -0.4 is 21.1 Å². The minimum atomic E-state index is -2.95. The Morgan fingerprint density at radius 2 is 1.84 bits per heavy atom. The van der Waals surface area contributed by atoms with Gasteiger partial charge in [-0.25, -0.2) is 31.7 Å². The molecule has 2 N–H and O–H groups in total. The van der Waals surface area contributed by atoms with Gasteiger partial charge >= 0.3 is 5.69 Å². The number of nitrogens with two attached hydrogens (primary N) is 1. The fourth-order valence-corrected chi connectivity index (χ4v) is 4.83. The quantitative estimate of drug-likeness (QED) is 0.355. The molecule has 37 heavy (non-hydrogen) atoms. The van der Waals surface area contributed by atoms with E-state index in [1.54, 1.807) is 4.90 Å². The molecular weight excluding hydrogens is 519 g/mol. The lowest BCUT2D eigenvalue weighted by atomic mass is 9.95. The van der Waals surface area contributed by atoms with Crippen LogP contribution in [0, 0.1) is 17.5 Å². The first-order valence-electron chi connectivity index (χ1n) is 10.9. The molecule has 1 fully saturated rings. The molecule has 0 saturated carbocycles. The predicted molar refractivity (Wildman–Crippen MR) is 125 cm³/mol. The van der Waals surface area contributed by atoms with Crippen molar-refractivity contribution in [3.8, 4) is 16.5 Å². The van der Waals surface area contributed by atoms with Gasteiger partial charge in [0, 0.05) is 30.3 Å². The largest absolute Gasteiger partial charge is 0.441 e. The summed E-state index contributed by atoms with van der Waals surface area (Å²) in [5, 5.41) is 3.89. The van der Waals surface area contributed by atoms with Crippen molar-refractivity contribution < 1.29 is 26.7 Å². The third-order valence-electron chi connectivity index (χ3n) is 5.68. The summed E-state index contributed by atoms with van der Waals surface area (Å²) in [6.07, 6.45) is -1.89. The van der Waals surface area contributed by atoms with Gasteiger partial charge in [0.25, 0.3) is 6.43 Å². The van der Waals surface area contributed by atoms with Gasteiger partial charge in [-0.3, -0.25) is 4.57 Å². The summed E-state index contributed by atoms with van der Waals surface area (Å²) in [6.45, 7) is 2.25.